The summed E-state index contributed by atoms with van der Waals surface area (Å²) < 4.78 is 29.3. The minimum Gasteiger partial charge on any atom is -0.366 e. The topological polar surface area (TPSA) is 91.2 Å². The summed E-state index contributed by atoms with van der Waals surface area (Å²) in [6.45, 7) is 7.40. The van der Waals surface area contributed by atoms with Crippen LogP contribution in [0.15, 0.2) is 18.7 Å². The van der Waals surface area contributed by atoms with Gasteiger partial charge in [0.2, 0.25) is 5.91 Å². The van der Waals surface area contributed by atoms with Gasteiger partial charge in [0.15, 0.2) is 0 Å². The van der Waals surface area contributed by atoms with Crippen LogP contribution in [0.1, 0.15) is 28.0 Å². The number of alkyl halides is 1. The molecule has 8 heteroatoms. The number of hydrogen-bond acceptors (Lipinski definition) is 3. The average molecular weight is 376 g/mol. The molecule has 0 saturated carbocycles. The number of hydrogen-bond donors (Lipinski definition) is 3. The van der Waals surface area contributed by atoms with Gasteiger partial charge in [-0.1, -0.05) is 6.58 Å². The van der Waals surface area contributed by atoms with E-state index in [1.54, 1.807) is 4.90 Å². The first-order valence-electron chi connectivity index (χ1n) is 8.67. The first-order valence-corrected chi connectivity index (χ1v) is 8.67. The summed E-state index contributed by atoms with van der Waals surface area (Å²) in [5.41, 5.74) is 7.79. The largest absolute Gasteiger partial charge is 0.366 e. The molecule has 2 aromatic rings. The van der Waals surface area contributed by atoms with Crippen LogP contribution in [0.2, 0.25) is 0 Å². The van der Waals surface area contributed by atoms with Crippen LogP contribution in [0.3, 0.4) is 0 Å². The number of rotatable bonds is 4. The lowest BCUT2D eigenvalue weighted by Gasteiger charge is -2.37. The molecule has 27 heavy (non-hydrogen) atoms. The maximum absolute atomic E-state index is 15.0. The van der Waals surface area contributed by atoms with Gasteiger partial charge in [0, 0.05) is 24.2 Å². The highest BCUT2D eigenvalue weighted by Crippen LogP contribution is 2.37. The molecule has 144 valence electrons. The number of amides is 2. The quantitative estimate of drug-likeness (QED) is 0.715. The van der Waals surface area contributed by atoms with E-state index in [1.807, 2.05) is 13.8 Å². The molecular weight excluding hydrogens is 354 g/mol. The normalized spacial score (nSPS) is 19.9. The molecule has 1 aliphatic heterocycles. The van der Waals surface area contributed by atoms with Gasteiger partial charge in [-0.2, -0.15) is 0 Å². The van der Waals surface area contributed by atoms with Crippen molar-refractivity contribution in [2.75, 3.05) is 18.0 Å². The number of anilines is 1. The third kappa shape index (κ3) is 3.27. The monoisotopic (exact) mass is 376 g/mol. The third-order valence-corrected chi connectivity index (χ3v) is 5.13. The Kier molecular flexibility index (Phi) is 4.91. The van der Waals surface area contributed by atoms with E-state index in [4.69, 9.17) is 5.73 Å². The summed E-state index contributed by atoms with van der Waals surface area (Å²) in [5.74, 6) is -1.82. The molecule has 0 radical (unpaired) electrons. The predicted molar refractivity (Wildman–Crippen MR) is 100 cm³/mol. The predicted octanol–water partition coefficient (Wildman–Crippen LogP) is 2.24. The average Bonchev–Trinajstić information content (AvgIpc) is 2.91. The van der Waals surface area contributed by atoms with Gasteiger partial charge in [-0.3, -0.25) is 9.59 Å². The van der Waals surface area contributed by atoms with Crippen molar-refractivity contribution < 1.29 is 18.4 Å². The number of halogens is 2. The standard InChI is InChI=1S/C19H22F2N4O2/c1-4-15(26)24-14-8-25(6-5-12(14)20)18-13(21)7-11(19(22)27)17-16(18)9(2)10(3)23-17/h4,7,12,14,23H,1,5-6,8H2,2-3H3,(H2,22,27)(H,24,26)/t12-,14-/m0/s1. The Balaban J connectivity index is 2.10. The number of primary amides is 1. The van der Waals surface area contributed by atoms with Crippen LogP contribution in [0.4, 0.5) is 14.5 Å². The fraction of sp³-hybridized carbons (Fsp3) is 0.368. The van der Waals surface area contributed by atoms with Crippen molar-refractivity contribution in [1.29, 1.82) is 0 Å². The van der Waals surface area contributed by atoms with E-state index in [0.717, 1.165) is 23.4 Å². The minimum absolute atomic E-state index is 0.0688. The number of aryl methyl sites for hydroxylation is 2. The lowest BCUT2D eigenvalue weighted by Crippen LogP contribution is -2.53. The van der Waals surface area contributed by atoms with Gasteiger partial charge in [0.25, 0.3) is 5.91 Å². The molecule has 2 heterocycles. The van der Waals surface area contributed by atoms with Crippen LogP contribution < -0.4 is 16.0 Å². The number of carbonyl (C=O) groups is 2. The zero-order valence-corrected chi connectivity index (χ0v) is 15.2. The third-order valence-electron chi connectivity index (χ3n) is 5.13. The van der Waals surface area contributed by atoms with E-state index in [1.165, 1.54) is 0 Å². The van der Waals surface area contributed by atoms with Crippen molar-refractivity contribution in [3.8, 4) is 0 Å². The summed E-state index contributed by atoms with van der Waals surface area (Å²) in [6, 6.07) is 0.323. The maximum Gasteiger partial charge on any atom is 0.250 e. The molecule has 0 unspecified atom stereocenters. The molecule has 1 aromatic carbocycles. The van der Waals surface area contributed by atoms with E-state index in [2.05, 4.69) is 16.9 Å². The Morgan fingerprint density at radius 1 is 1.44 bits per heavy atom. The second kappa shape index (κ2) is 7.02. The molecule has 1 fully saturated rings. The molecular formula is C19H22F2N4O2. The molecule has 2 amide bonds. The fourth-order valence-corrected chi connectivity index (χ4v) is 3.61. The highest BCUT2D eigenvalue weighted by atomic mass is 19.1. The van der Waals surface area contributed by atoms with Crippen LogP contribution in [0.25, 0.3) is 10.9 Å². The minimum atomic E-state index is -1.23. The first kappa shape index (κ1) is 18.9. The lowest BCUT2D eigenvalue weighted by molar-refractivity contribution is -0.117. The van der Waals surface area contributed by atoms with E-state index in [9.17, 15) is 14.0 Å². The molecule has 0 spiro atoms. The molecule has 2 atom stereocenters. The van der Waals surface area contributed by atoms with Gasteiger partial charge in [0.1, 0.15) is 12.0 Å². The van der Waals surface area contributed by atoms with Crippen molar-refractivity contribution in [2.24, 2.45) is 5.73 Å². The Labute approximate surface area is 155 Å². The van der Waals surface area contributed by atoms with E-state index in [-0.39, 0.29) is 30.8 Å². The number of aromatic nitrogens is 1. The van der Waals surface area contributed by atoms with E-state index in [0.29, 0.717) is 10.9 Å². The van der Waals surface area contributed by atoms with E-state index < -0.39 is 29.8 Å². The molecule has 3 rings (SSSR count). The fourth-order valence-electron chi connectivity index (χ4n) is 3.61. The number of benzene rings is 1. The SMILES string of the molecule is C=CC(=O)N[C@H]1CN(c2c(F)cc(C(N)=O)c3[nH]c(C)c(C)c23)CC[C@@H]1F. The molecule has 1 saturated heterocycles. The summed E-state index contributed by atoms with van der Waals surface area (Å²) in [4.78, 5) is 28.1. The Bertz CT molecular complexity index is 938. The van der Waals surface area contributed by atoms with Gasteiger partial charge in [-0.15, -0.1) is 0 Å². The van der Waals surface area contributed by atoms with E-state index >= 15 is 4.39 Å². The first-order chi connectivity index (χ1) is 12.7. The zero-order valence-electron chi connectivity index (χ0n) is 15.2. The second-order valence-corrected chi connectivity index (χ2v) is 6.81. The molecule has 4 N–H and O–H groups in total. The van der Waals surface area contributed by atoms with Crippen LogP contribution in [0.5, 0.6) is 0 Å². The number of carbonyl (C=O) groups excluding carboxylic acids is 2. The van der Waals surface area contributed by atoms with Crippen molar-refractivity contribution in [3.05, 3.63) is 41.4 Å². The van der Waals surface area contributed by atoms with Crippen LogP contribution in [-0.4, -0.2) is 42.1 Å². The van der Waals surface area contributed by atoms with Crippen molar-refractivity contribution in [1.82, 2.24) is 10.3 Å². The number of aromatic amines is 1. The Morgan fingerprint density at radius 3 is 2.78 bits per heavy atom. The molecule has 6 nitrogen and oxygen atoms in total. The summed E-state index contributed by atoms with van der Waals surface area (Å²) in [6.07, 6.45) is -0.0166. The Hall–Kier alpha value is -2.90. The number of nitrogens with two attached hydrogens (primary N) is 1. The highest BCUT2D eigenvalue weighted by Gasteiger charge is 2.33. The van der Waals surface area contributed by atoms with Crippen LogP contribution >= 0.6 is 0 Å². The number of nitrogens with zero attached hydrogens (tertiary/aromatic N) is 1. The van der Waals surface area contributed by atoms with Crippen molar-refractivity contribution in [2.45, 2.75) is 32.5 Å². The van der Waals surface area contributed by atoms with Gasteiger partial charge in [-0.25, -0.2) is 8.78 Å². The van der Waals surface area contributed by atoms with Gasteiger partial charge in [0.05, 0.1) is 22.8 Å². The summed E-state index contributed by atoms with van der Waals surface area (Å²) in [5, 5.41) is 3.11. The number of H-pyrrole nitrogens is 1. The van der Waals surface area contributed by atoms with Gasteiger partial charge in [-0.05, 0) is 38.0 Å². The molecule has 1 aromatic heterocycles. The maximum atomic E-state index is 15.0. The van der Waals surface area contributed by atoms with Crippen LogP contribution in [-0.2, 0) is 4.79 Å². The highest BCUT2D eigenvalue weighted by molar-refractivity contribution is 6.10. The van der Waals surface area contributed by atoms with Crippen molar-refractivity contribution in [3.63, 3.8) is 0 Å². The van der Waals surface area contributed by atoms with Crippen molar-refractivity contribution >= 4 is 28.4 Å². The molecule has 0 bridgehead atoms. The Morgan fingerprint density at radius 2 is 2.15 bits per heavy atom. The van der Waals surface area contributed by atoms with Gasteiger partial charge < -0.3 is 20.9 Å². The summed E-state index contributed by atoms with van der Waals surface area (Å²) in [7, 11) is 0. The lowest BCUT2D eigenvalue weighted by atomic mass is 9.99. The van der Waals surface area contributed by atoms with Gasteiger partial charge >= 0.3 is 0 Å². The number of fused-ring (bicyclic) bond motifs is 1. The zero-order chi connectivity index (χ0) is 19.9. The second-order valence-electron chi connectivity index (χ2n) is 6.81. The molecule has 1 aliphatic rings. The number of piperidine rings is 1. The molecule has 0 aliphatic carbocycles. The number of nitrogens with one attached hydrogen (secondary N) is 2. The van der Waals surface area contributed by atoms with Crippen LogP contribution in [0, 0.1) is 19.7 Å². The summed E-state index contributed by atoms with van der Waals surface area (Å²) >= 11 is 0. The smallest absolute Gasteiger partial charge is 0.250 e.